The van der Waals surface area contributed by atoms with Gasteiger partial charge in [-0.1, -0.05) is 12.8 Å². The van der Waals surface area contributed by atoms with Crippen LogP contribution in [0.15, 0.2) is 0 Å². The molecule has 6 heteroatoms. The van der Waals surface area contributed by atoms with E-state index < -0.39 is 12.1 Å². The molecule has 0 aliphatic rings. The number of urea groups is 1. The summed E-state index contributed by atoms with van der Waals surface area (Å²) in [5.41, 5.74) is 0. The molecule has 0 aromatic carbocycles. The second-order valence-corrected chi connectivity index (χ2v) is 4.85. The largest absolute Gasteiger partial charge is 0.481 e. The zero-order chi connectivity index (χ0) is 14.7. The van der Waals surface area contributed by atoms with Crippen LogP contribution in [0.4, 0.5) is 4.79 Å². The van der Waals surface area contributed by atoms with E-state index in [1.165, 1.54) is 0 Å². The molecule has 1 atom stereocenters. The average molecular weight is 274 g/mol. The number of rotatable bonds is 10. The molecule has 112 valence electrons. The van der Waals surface area contributed by atoms with Crippen LogP contribution in [0.2, 0.25) is 0 Å². The van der Waals surface area contributed by atoms with Crippen molar-refractivity contribution in [2.75, 3.05) is 20.1 Å². The molecule has 0 fully saturated rings. The van der Waals surface area contributed by atoms with Gasteiger partial charge in [-0.3, -0.25) is 4.79 Å². The van der Waals surface area contributed by atoms with Crippen molar-refractivity contribution >= 4 is 12.0 Å². The maximum absolute atomic E-state index is 11.6. The molecular weight excluding hydrogens is 248 g/mol. The van der Waals surface area contributed by atoms with E-state index in [9.17, 15) is 9.59 Å². The monoisotopic (exact) mass is 274 g/mol. The number of carbonyl (C=O) groups is 2. The van der Waals surface area contributed by atoms with Crippen molar-refractivity contribution in [3.05, 3.63) is 0 Å². The molecule has 0 radical (unpaired) electrons. The summed E-state index contributed by atoms with van der Waals surface area (Å²) in [6.07, 6.45) is 3.73. The summed E-state index contributed by atoms with van der Waals surface area (Å²) in [7, 11) is 1.70. The highest BCUT2D eigenvalue weighted by Crippen LogP contribution is 2.02. The molecule has 0 heterocycles. The zero-order valence-corrected chi connectivity index (χ0v) is 11.9. The third-order valence-corrected chi connectivity index (χ3v) is 2.82. The fourth-order valence-electron chi connectivity index (χ4n) is 1.57. The number of unbranched alkanes of at least 4 members (excludes halogenated alkanes) is 3. The number of amides is 2. The predicted molar refractivity (Wildman–Crippen MR) is 73.0 cm³/mol. The van der Waals surface area contributed by atoms with E-state index in [0.29, 0.717) is 25.9 Å². The van der Waals surface area contributed by atoms with E-state index in [4.69, 9.17) is 10.2 Å². The second-order valence-electron chi connectivity index (χ2n) is 4.85. The van der Waals surface area contributed by atoms with Crippen molar-refractivity contribution in [1.29, 1.82) is 0 Å². The molecule has 2 amide bonds. The lowest BCUT2D eigenvalue weighted by Gasteiger charge is -2.18. The third-order valence-electron chi connectivity index (χ3n) is 2.82. The van der Waals surface area contributed by atoms with Crippen molar-refractivity contribution in [1.82, 2.24) is 10.2 Å². The Morgan fingerprint density at radius 3 is 2.42 bits per heavy atom. The highest BCUT2D eigenvalue weighted by Gasteiger charge is 2.08. The first-order valence-electron chi connectivity index (χ1n) is 6.82. The molecule has 0 saturated carbocycles. The summed E-state index contributed by atoms with van der Waals surface area (Å²) in [5, 5.41) is 20.4. The molecule has 0 aromatic heterocycles. The first-order chi connectivity index (χ1) is 8.93. The maximum atomic E-state index is 11.6. The lowest BCUT2D eigenvalue weighted by atomic mass is 10.1. The summed E-state index contributed by atoms with van der Waals surface area (Å²) in [4.78, 5) is 23.4. The number of aliphatic hydroxyl groups is 1. The molecule has 0 spiro atoms. The standard InChI is InChI=1S/C13H26N2O4/c1-11(16)8-10-15(2)13(19)14-9-6-4-3-5-7-12(17)18/h11,16H,3-10H2,1-2H3,(H,14,19)(H,17,18). The van der Waals surface area contributed by atoms with Crippen LogP contribution in [-0.2, 0) is 4.79 Å². The number of carbonyl (C=O) groups excluding carboxylic acids is 1. The van der Waals surface area contributed by atoms with Crippen molar-refractivity contribution in [3.8, 4) is 0 Å². The van der Waals surface area contributed by atoms with Gasteiger partial charge in [-0.25, -0.2) is 4.79 Å². The zero-order valence-electron chi connectivity index (χ0n) is 11.9. The van der Waals surface area contributed by atoms with Gasteiger partial charge < -0.3 is 20.4 Å². The quantitative estimate of drug-likeness (QED) is 0.526. The number of aliphatic carboxylic acids is 1. The fraction of sp³-hybridized carbons (Fsp3) is 0.846. The molecule has 3 N–H and O–H groups in total. The Morgan fingerprint density at radius 2 is 1.84 bits per heavy atom. The van der Waals surface area contributed by atoms with E-state index in [1.54, 1.807) is 18.9 Å². The molecule has 0 aliphatic carbocycles. The summed E-state index contributed by atoms with van der Waals surface area (Å²) >= 11 is 0. The Hall–Kier alpha value is -1.30. The van der Waals surface area contributed by atoms with E-state index in [-0.39, 0.29) is 12.5 Å². The van der Waals surface area contributed by atoms with Gasteiger partial charge in [0, 0.05) is 26.6 Å². The SMILES string of the molecule is CC(O)CCN(C)C(=O)NCCCCCCC(=O)O. The van der Waals surface area contributed by atoms with Crippen LogP contribution < -0.4 is 5.32 Å². The van der Waals surface area contributed by atoms with Crippen molar-refractivity contribution in [2.24, 2.45) is 0 Å². The van der Waals surface area contributed by atoms with Gasteiger partial charge >= 0.3 is 12.0 Å². The van der Waals surface area contributed by atoms with Gasteiger partial charge in [0.2, 0.25) is 0 Å². The number of hydrogen-bond acceptors (Lipinski definition) is 3. The summed E-state index contributed by atoms with van der Waals surface area (Å²) in [6.45, 7) is 2.83. The molecule has 0 aliphatic heterocycles. The van der Waals surface area contributed by atoms with Gasteiger partial charge in [0.25, 0.3) is 0 Å². The molecule has 0 bridgehead atoms. The van der Waals surface area contributed by atoms with Crippen LogP contribution in [0.3, 0.4) is 0 Å². The maximum Gasteiger partial charge on any atom is 0.317 e. The molecular formula is C13H26N2O4. The van der Waals surface area contributed by atoms with Crippen LogP contribution in [0.25, 0.3) is 0 Å². The molecule has 19 heavy (non-hydrogen) atoms. The Morgan fingerprint density at radius 1 is 1.21 bits per heavy atom. The Kier molecular flexibility index (Phi) is 9.88. The van der Waals surface area contributed by atoms with E-state index in [0.717, 1.165) is 19.3 Å². The van der Waals surface area contributed by atoms with Crippen LogP contribution in [0.1, 0.15) is 45.4 Å². The minimum atomic E-state index is -0.756. The van der Waals surface area contributed by atoms with Crippen LogP contribution >= 0.6 is 0 Å². The first kappa shape index (κ1) is 17.7. The number of nitrogens with zero attached hydrogens (tertiary/aromatic N) is 1. The second kappa shape index (κ2) is 10.6. The lowest BCUT2D eigenvalue weighted by molar-refractivity contribution is -0.137. The van der Waals surface area contributed by atoms with E-state index in [2.05, 4.69) is 5.32 Å². The minimum Gasteiger partial charge on any atom is -0.481 e. The van der Waals surface area contributed by atoms with E-state index >= 15 is 0 Å². The van der Waals surface area contributed by atoms with Crippen molar-refractivity contribution in [2.45, 2.75) is 51.6 Å². The topological polar surface area (TPSA) is 89.9 Å². The first-order valence-corrected chi connectivity index (χ1v) is 6.82. The summed E-state index contributed by atoms with van der Waals surface area (Å²) in [6, 6.07) is -0.133. The van der Waals surface area contributed by atoms with Crippen molar-refractivity contribution < 1.29 is 19.8 Å². The molecule has 6 nitrogen and oxygen atoms in total. The van der Waals surface area contributed by atoms with Crippen LogP contribution in [0, 0.1) is 0 Å². The van der Waals surface area contributed by atoms with Crippen molar-refractivity contribution in [3.63, 3.8) is 0 Å². The molecule has 0 saturated heterocycles. The minimum absolute atomic E-state index is 0.133. The number of aliphatic hydroxyl groups excluding tert-OH is 1. The number of nitrogens with one attached hydrogen (secondary N) is 1. The van der Waals surface area contributed by atoms with Crippen LogP contribution in [0.5, 0.6) is 0 Å². The lowest BCUT2D eigenvalue weighted by Crippen LogP contribution is -2.38. The number of hydrogen-bond donors (Lipinski definition) is 3. The van der Waals surface area contributed by atoms with Gasteiger partial charge in [0.1, 0.15) is 0 Å². The highest BCUT2D eigenvalue weighted by atomic mass is 16.4. The van der Waals surface area contributed by atoms with Gasteiger partial charge in [0.15, 0.2) is 0 Å². The average Bonchev–Trinajstić information content (AvgIpc) is 2.33. The smallest absolute Gasteiger partial charge is 0.317 e. The summed E-state index contributed by atoms with van der Waals surface area (Å²) in [5.74, 6) is -0.756. The van der Waals surface area contributed by atoms with E-state index in [1.807, 2.05) is 0 Å². The van der Waals surface area contributed by atoms with Gasteiger partial charge in [-0.15, -0.1) is 0 Å². The van der Waals surface area contributed by atoms with Crippen LogP contribution in [-0.4, -0.2) is 53.4 Å². The highest BCUT2D eigenvalue weighted by molar-refractivity contribution is 5.73. The Balaban J connectivity index is 3.44. The molecule has 1 unspecified atom stereocenters. The Bertz CT molecular complexity index is 269. The Labute approximate surface area is 114 Å². The van der Waals surface area contributed by atoms with Gasteiger partial charge in [0.05, 0.1) is 6.10 Å². The molecule has 0 rings (SSSR count). The fourth-order valence-corrected chi connectivity index (χ4v) is 1.57. The van der Waals surface area contributed by atoms with Gasteiger partial charge in [-0.2, -0.15) is 0 Å². The van der Waals surface area contributed by atoms with Gasteiger partial charge in [-0.05, 0) is 26.2 Å². The summed E-state index contributed by atoms with van der Waals surface area (Å²) < 4.78 is 0. The normalized spacial score (nSPS) is 11.9. The third kappa shape index (κ3) is 11.5. The molecule has 0 aromatic rings. The number of carboxylic acids is 1. The number of carboxylic acid groups (broad SMARTS) is 1. The predicted octanol–water partition coefficient (Wildman–Crippen LogP) is 1.43.